The Kier molecular flexibility index (Phi) is 5.96. The van der Waals surface area contributed by atoms with Crippen molar-refractivity contribution in [2.75, 3.05) is 17.2 Å². The number of benzene rings is 1. The maximum atomic E-state index is 11.9. The van der Waals surface area contributed by atoms with E-state index in [1.54, 1.807) is 24.3 Å². The van der Waals surface area contributed by atoms with E-state index in [1.165, 1.54) is 6.92 Å². The summed E-state index contributed by atoms with van der Waals surface area (Å²) in [4.78, 5) is 34.9. The summed E-state index contributed by atoms with van der Waals surface area (Å²) in [5.41, 5.74) is 1.70. The summed E-state index contributed by atoms with van der Waals surface area (Å²) in [5, 5.41) is 9.03. The Bertz CT molecular complexity index is 742. The average Bonchev–Trinajstić information content (AvgIpc) is 3.02. The third-order valence-corrected chi connectivity index (χ3v) is 3.65. The molecule has 126 valence electrons. The number of anilines is 2. The predicted molar refractivity (Wildman–Crippen MR) is 88.9 cm³/mol. The topological polar surface area (TPSA) is 110 Å². The van der Waals surface area contributed by atoms with Crippen LogP contribution in [-0.4, -0.2) is 34.0 Å². The van der Waals surface area contributed by atoms with Gasteiger partial charge in [0.05, 0.1) is 5.69 Å². The fraction of sp³-hybridized carbons (Fsp3) is 0.267. The molecule has 8 nitrogen and oxygen atoms in total. The Morgan fingerprint density at radius 3 is 2.33 bits per heavy atom. The van der Waals surface area contributed by atoms with Gasteiger partial charge in [0.15, 0.2) is 11.5 Å². The first kappa shape index (κ1) is 17.5. The third kappa shape index (κ3) is 4.85. The van der Waals surface area contributed by atoms with Crippen LogP contribution in [0.1, 0.15) is 29.2 Å². The molecule has 1 aromatic carbocycles. The molecule has 0 radical (unpaired) electrons. The Balaban J connectivity index is 1.85. The number of carbonyl (C=O) groups excluding carboxylic acids is 3. The smallest absolute Gasteiger partial charge is 0.352 e. The van der Waals surface area contributed by atoms with Crippen molar-refractivity contribution in [1.82, 2.24) is 9.59 Å². The second kappa shape index (κ2) is 8.16. The van der Waals surface area contributed by atoms with Crippen molar-refractivity contribution in [3.63, 3.8) is 0 Å². The van der Waals surface area contributed by atoms with Crippen molar-refractivity contribution >= 4 is 40.7 Å². The molecular weight excluding hydrogens is 332 g/mol. The lowest BCUT2D eigenvalue weighted by atomic mass is 10.2. The highest BCUT2D eigenvalue weighted by atomic mass is 32.1. The number of carbonyl (C=O) groups is 3. The molecule has 0 saturated heterocycles. The van der Waals surface area contributed by atoms with E-state index in [0.29, 0.717) is 28.4 Å². The lowest BCUT2D eigenvalue weighted by Gasteiger charge is -2.07. The van der Waals surface area contributed by atoms with Gasteiger partial charge in [-0.25, -0.2) is 4.79 Å². The van der Waals surface area contributed by atoms with Crippen molar-refractivity contribution in [3.8, 4) is 0 Å². The van der Waals surface area contributed by atoms with Crippen molar-refractivity contribution in [3.05, 3.63) is 34.8 Å². The molecule has 1 heterocycles. The zero-order valence-electron chi connectivity index (χ0n) is 13.2. The summed E-state index contributed by atoms with van der Waals surface area (Å²) in [5.74, 6) is -1.26. The normalized spacial score (nSPS) is 10.1. The number of aromatic nitrogens is 2. The molecule has 2 amide bonds. The van der Waals surface area contributed by atoms with Gasteiger partial charge >= 0.3 is 5.97 Å². The highest BCUT2D eigenvalue weighted by Gasteiger charge is 2.17. The van der Waals surface area contributed by atoms with Gasteiger partial charge in [-0.05, 0) is 42.2 Å². The van der Waals surface area contributed by atoms with Crippen LogP contribution in [0.3, 0.4) is 0 Å². The van der Waals surface area contributed by atoms with E-state index < -0.39 is 18.5 Å². The number of ether oxygens (including phenoxy) is 1. The predicted octanol–water partition coefficient (Wildman–Crippen LogP) is 1.85. The van der Waals surface area contributed by atoms with Crippen LogP contribution < -0.4 is 10.6 Å². The lowest BCUT2D eigenvalue weighted by molar-refractivity contribution is -0.119. The fourth-order valence-electron chi connectivity index (χ4n) is 1.83. The minimum Gasteiger partial charge on any atom is -0.451 e. The summed E-state index contributed by atoms with van der Waals surface area (Å²) in [6.07, 6.45) is 0.563. The molecule has 2 aromatic rings. The van der Waals surface area contributed by atoms with Crippen LogP contribution >= 0.6 is 11.5 Å². The monoisotopic (exact) mass is 348 g/mol. The molecular formula is C15H16N4O4S. The number of esters is 1. The molecule has 0 spiro atoms. The van der Waals surface area contributed by atoms with Crippen molar-refractivity contribution in [1.29, 1.82) is 0 Å². The number of amides is 2. The number of aryl methyl sites for hydroxylation is 1. The first-order valence-electron chi connectivity index (χ1n) is 7.15. The maximum Gasteiger partial charge on any atom is 0.352 e. The van der Waals surface area contributed by atoms with Crippen LogP contribution in [0.5, 0.6) is 0 Å². The second-order valence-corrected chi connectivity index (χ2v) is 5.54. The molecule has 0 saturated carbocycles. The van der Waals surface area contributed by atoms with Crippen molar-refractivity contribution in [2.24, 2.45) is 0 Å². The molecule has 0 aliphatic carbocycles. The SMILES string of the molecule is CCc1nnsc1C(=O)OCC(=O)Nc1ccc(NC(C)=O)cc1. The second-order valence-electron chi connectivity index (χ2n) is 4.79. The Hall–Kier alpha value is -2.81. The fourth-order valence-corrected chi connectivity index (χ4v) is 2.47. The molecule has 1 aromatic heterocycles. The molecule has 2 rings (SSSR count). The van der Waals surface area contributed by atoms with Gasteiger partial charge < -0.3 is 15.4 Å². The molecule has 0 aliphatic rings. The van der Waals surface area contributed by atoms with Crippen LogP contribution in [0.2, 0.25) is 0 Å². The van der Waals surface area contributed by atoms with E-state index in [1.807, 2.05) is 6.92 Å². The maximum absolute atomic E-state index is 11.9. The third-order valence-electron chi connectivity index (χ3n) is 2.90. The summed E-state index contributed by atoms with van der Waals surface area (Å²) in [6.45, 7) is 2.85. The minimum absolute atomic E-state index is 0.178. The van der Waals surface area contributed by atoms with Gasteiger partial charge in [0.1, 0.15) is 0 Å². The Labute approximate surface area is 142 Å². The standard InChI is InChI=1S/C15H16N4O4S/c1-3-12-14(24-19-18-12)15(22)23-8-13(21)17-11-6-4-10(5-7-11)16-9(2)20/h4-7H,3,8H2,1-2H3,(H,16,20)(H,17,21). The number of nitrogens with zero attached hydrogens (tertiary/aromatic N) is 2. The van der Waals surface area contributed by atoms with E-state index in [0.717, 1.165) is 11.5 Å². The molecule has 0 atom stereocenters. The highest BCUT2D eigenvalue weighted by molar-refractivity contribution is 7.07. The first-order valence-corrected chi connectivity index (χ1v) is 7.92. The average molecular weight is 348 g/mol. The molecule has 0 bridgehead atoms. The van der Waals surface area contributed by atoms with Gasteiger partial charge in [-0.1, -0.05) is 11.4 Å². The zero-order valence-corrected chi connectivity index (χ0v) is 14.0. The number of hydrogen-bond acceptors (Lipinski definition) is 7. The van der Waals surface area contributed by atoms with Gasteiger partial charge in [-0.2, -0.15) is 0 Å². The largest absolute Gasteiger partial charge is 0.451 e. The van der Waals surface area contributed by atoms with Gasteiger partial charge in [-0.15, -0.1) is 5.10 Å². The van der Waals surface area contributed by atoms with Crippen LogP contribution in [0.15, 0.2) is 24.3 Å². The lowest BCUT2D eigenvalue weighted by Crippen LogP contribution is -2.21. The number of nitrogens with one attached hydrogen (secondary N) is 2. The summed E-state index contributed by atoms with van der Waals surface area (Å²) in [7, 11) is 0. The Morgan fingerprint density at radius 2 is 1.75 bits per heavy atom. The van der Waals surface area contributed by atoms with Crippen LogP contribution in [0.25, 0.3) is 0 Å². The number of rotatable bonds is 6. The van der Waals surface area contributed by atoms with Gasteiger partial charge in [0.25, 0.3) is 5.91 Å². The minimum atomic E-state index is -0.613. The number of hydrogen-bond donors (Lipinski definition) is 2. The highest BCUT2D eigenvalue weighted by Crippen LogP contribution is 2.14. The molecule has 0 aliphatic heterocycles. The van der Waals surface area contributed by atoms with Crippen LogP contribution in [-0.2, 0) is 20.7 Å². The van der Waals surface area contributed by atoms with E-state index in [9.17, 15) is 14.4 Å². The zero-order chi connectivity index (χ0) is 17.5. The first-order chi connectivity index (χ1) is 11.5. The summed E-state index contributed by atoms with van der Waals surface area (Å²) < 4.78 is 8.66. The van der Waals surface area contributed by atoms with Crippen molar-refractivity contribution < 1.29 is 19.1 Å². The molecule has 0 unspecified atom stereocenters. The van der Waals surface area contributed by atoms with Gasteiger partial charge in [0.2, 0.25) is 5.91 Å². The Morgan fingerprint density at radius 1 is 1.12 bits per heavy atom. The molecule has 2 N–H and O–H groups in total. The van der Waals surface area contributed by atoms with Crippen LogP contribution in [0.4, 0.5) is 11.4 Å². The van der Waals surface area contributed by atoms with E-state index in [-0.39, 0.29) is 5.91 Å². The van der Waals surface area contributed by atoms with E-state index in [4.69, 9.17) is 4.74 Å². The molecule has 24 heavy (non-hydrogen) atoms. The molecule has 9 heteroatoms. The van der Waals surface area contributed by atoms with Gasteiger partial charge in [-0.3, -0.25) is 9.59 Å². The van der Waals surface area contributed by atoms with Crippen molar-refractivity contribution in [2.45, 2.75) is 20.3 Å². The summed E-state index contributed by atoms with van der Waals surface area (Å²) >= 11 is 0.942. The molecule has 0 fully saturated rings. The van der Waals surface area contributed by atoms with E-state index in [2.05, 4.69) is 20.2 Å². The van der Waals surface area contributed by atoms with Crippen LogP contribution in [0, 0.1) is 0 Å². The van der Waals surface area contributed by atoms with E-state index >= 15 is 0 Å². The van der Waals surface area contributed by atoms with Gasteiger partial charge in [0, 0.05) is 18.3 Å². The summed E-state index contributed by atoms with van der Waals surface area (Å²) in [6, 6.07) is 6.57. The quantitative estimate of drug-likeness (QED) is 0.771.